The molecule has 0 aromatic heterocycles. The molecule has 2 heterocycles. The first-order valence-electron chi connectivity index (χ1n) is 6.16. The number of aliphatic hydroxyl groups is 1. The van der Waals surface area contributed by atoms with Crippen molar-refractivity contribution >= 4 is 0 Å². The number of piperidine rings is 2. The maximum Gasteiger partial charge on any atom is 0.0795 e. The van der Waals surface area contributed by atoms with E-state index in [0.717, 1.165) is 45.6 Å². The second-order valence-electron chi connectivity index (χ2n) is 4.90. The lowest BCUT2D eigenvalue weighted by Crippen LogP contribution is -2.53. The van der Waals surface area contributed by atoms with E-state index >= 15 is 0 Å². The fraction of sp³-hybridized carbons (Fsp3) is 1.00. The fourth-order valence-corrected chi connectivity index (χ4v) is 2.43. The molecule has 0 saturated carbocycles. The monoisotopic (exact) mass is 213 g/mol. The van der Waals surface area contributed by atoms with Crippen LogP contribution in [-0.2, 0) is 0 Å². The third-order valence-corrected chi connectivity index (χ3v) is 3.55. The van der Waals surface area contributed by atoms with E-state index in [0.29, 0.717) is 6.04 Å². The van der Waals surface area contributed by atoms with Gasteiger partial charge < -0.3 is 21.1 Å². The predicted octanol–water partition coefficient (Wildman–Crippen LogP) is -0.557. The number of hydrogen-bond donors (Lipinski definition) is 4. The minimum absolute atomic E-state index is 0.470. The summed E-state index contributed by atoms with van der Waals surface area (Å²) in [6.07, 6.45) is 4.24. The van der Waals surface area contributed by atoms with Crippen molar-refractivity contribution in [3.05, 3.63) is 0 Å². The van der Waals surface area contributed by atoms with Gasteiger partial charge in [0.15, 0.2) is 0 Å². The van der Waals surface area contributed by atoms with E-state index in [4.69, 9.17) is 0 Å². The molecule has 4 nitrogen and oxygen atoms in total. The fourth-order valence-electron chi connectivity index (χ4n) is 2.43. The van der Waals surface area contributed by atoms with Gasteiger partial charge in [-0.15, -0.1) is 0 Å². The van der Waals surface area contributed by atoms with E-state index in [1.807, 2.05) is 0 Å². The van der Waals surface area contributed by atoms with Crippen LogP contribution >= 0.6 is 0 Å². The minimum Gasteiger partial charge on any atom is -0.388 e. The molecule has 0 aliphatic carbocycles. The van der Waals surface area contributed by atoms with Gasteiger partial charge in [0.2, 0.25) is 0 Å². The molecule has 0 aromatic carbocycles. The number of rotatable bonds is 3. The van der Waals surface area contributed by atoms with Crippen LogP contribution in [0.5, 0.6) is 0 Å². The van der Waals surface area contributed by atoms with Crippen molar-refractivity contribution in [2.75, 3.05) is 32.7 Å². The molecule has 0 radical (unpaired) electrons. The van der Waals surface area contributed by atoms with E-state index in [1.54, 1.807) is 0 Å². The summed E-state index contributed by atoms with van der Waals surface area (Å²) < 4.78 is 0. The van der Waals surface area contributed by atoms with Gasteiger partial charge in [-0.25, -0.2) is 0 Å². The molecular weight excluding hydrogens is 190 g/mol. The van der Waals surface area contributed by atoms with Crippen molar-refractivity contribution < 1.29 is 5.11 Å². The Morgan fingerprint density at radius 1 is 1.20 bits per heavy atom. The summed E-state index contributed by atoms with van der Waals surface area (Å²) in [6.45, 7) is 4.84. The Kier molecular flexibility index (Phi) is 3.97. The first kappa shape index (κ1) is 11.3. The highest BCUT2D eigenvalue weighted by Gasteiger charge is 2.29. The lowest BCUT2D eigenvalue weighted by molar-refractivity contribution is 0.00821. The van der Waals surface area contributed by atoms with E-state index in [2.05, 4.69) is 16.0 Å². The van der Waals surface area contributed by atoms with Gasteiger partial charge in [-0.3, -0.25) is 0 Å². The smallest absolute Gasteiger partial charge is 0.0795 e. The molecule has 0 bridgehead atoms. The van der Waals surface area contributed by atoms with Crippen LogP contribution in [0, 0.1) is 0 Å². The van der Waals surface area contributed by atoms with Gasteiger partial charge in [-0.1, -0.05) is 0 Å². The molecule has 2 aliphatic rings. The molecule has 0 amide bonds. The Morgan fingerprint density at radius 3 is 2.67 bits per heavy atom. The first-order chi connectivity index (χ1) is 7.29. The molecule has 1 atom stereocenters. The Balaban J connectivity index is 1.70. The zero-order valence-corrected chi connectivity index (χ0v) is 9.39. The van der Waals surface area contributed by atoms with Gasteiger partial charge >= 0.3 is 0 Å². The van der Waals surface area contributed by atoms with Crippen LogP contribution in [0.3, 0.4) is 0 Å². The molecule has 2 rings (SSSR count). The van der Waals surface area contributed by atoms with Crippen LogP contribution in [0.2, 0.25) is 0 Å². The molecule has 0 spiro atoms. The number of hydrogen-bond acceptors (Lipinski definition) is 4. The summed E-state index contributed by atoms with van der Waals surface area (Å²) in [6, 6.07) is 0.553. The molecule has 15 heavy (non-hydrogen) atoms. The summed E-state index contributed by atoms with van der Waals surface area (Å²) in [5, 5.41) is 20.4. The van der Waals surface area contributed by atoms with Crippen LogP contribution < -0.4 is 16.0 Å². The quantitative estimate of drug-likeness (QED) is 0.508. The standard InChI is InChI=1S/C11H23N3O/c15-11(3-6-12-7-4-11)9-14-10-2-1-5-13-8-10/h10,12-15H,1-9H2. The third-order valence-electron chi connectivity index (χ3n) is 3.55. The summed E-state index contributed by atoms with van der Waals surface area (Å²) in [4.78, 5) is 0. The van der Waals surface area contributed by atoms with Crippen LogP contribution in [-0.4, -0.2) is 49.5 Å². The zero-order chi connectivity index (χ0) is 10.6. The number of nitrogens with one attached hydrogen (secondary N) is 3. The van der Waals surface area contributed by atoms with Crippen molar-refractivity contribution in [3.63, 3.8) is 0 Å². The molecule has 2 aliphatic heterocycles. The highest BCUT2D eigenvalue weighted by atomic mass is 16.3. The maximum absolute atomic E-state index is 10.3. The van der Waals surface area contributed by atoms with E-state index in [-0.39, 0.29) is 0 Å². The second kappa shape index (κ2) is 5.25. The van der Waals surface area contributed by atoms with E-state index in [1.165, 1.54) is 12.8 Å². The molecule has 4 heteroatoms. The van der Waals surface area contributed by atoms with Gasteiger partial charge in [0, 0.05) is 19.1 Å². The largest absolute Gasteiger partial charge is 0.388 e. The Labute approximate surface area is 91.8 Å². The van der Waals surface area contributed by atoms with Crippen molar-refractivity contribution in [1.29, 1.82) is 0 Å². The molecular formula is C11H23N3O. The highest BCUT2D eigenvalue weighted by Crippen LogP contribution is 2.17. The topological polar surface area (TPSA) is 56.3 Å². The van der Waals surface area contributed by atoms with Gasteiger partial charge in [0.1, 0.15) is 0 Å². The van der Waals surface area contributed by atoms with E-state index in [9.17, 15) is 5.11 Å². The second-order valence-corrected chi connectivity index (χ2v) is 4.90. The van der Waals surface area contributed by atoms with Crippen molar-refractivity contribution in [1.82, 2.24) is 16.0 Å². The van der Waals surface area contributed by atoms with Crippen LogP contribution in [0.1, 0.15) is 25.7 Å². The average molecular weight is 213 g/mol. The van der Waals surface area contributed by atoms with Gasteiger partial charge in [0.25, 0.3) is 0 Å². The van der Waals surface area contributed by atoms with Crippen LogP contribution in [0.25, 0.3) is 0 Å². The van der Waals surface area contributed by atoms with Gasteiger partial charge in [-0.2, -0.15) is 0 Å². The van der Waals surface area contributed by atoms with Gasteiger partial charge in [0.05, 0.1) is 5.60 Å². The van der Waals surface area contributed by atoms with Crippen molar-refractivity contribution in [2.45, 2.75) is 37.3 Å². The molecule has 0 aromatic rings. The molecule has 88 valence electrons. The normalized spacial score (nSPS) is 31.4. The Bertz CT molecular complexity index is 186. The first-order valence-corrected chi connectivity index (χ1v) is 6.16. The zero-order valence-electron chi connectivity index (χ0n) is 9.39. The Morgan fingerprint density at radius 2 is 2.00 bits per heavy atom. The maximum atomic E-state index is 10.3. The lowest BCUT2D eigenvalue weighted by atomic mass is 9.92. The highest BCUT2D eigenvalue weighted by molar-refractivity contribution is 4.88. The molecule has 4 N–H and O–H groups in total. The van der Waals surface area contributed by atoms with E-state index < -0.39 is 5.60 Å². The molecule has 2 fully saturated rings. The van der Waals surface area contributed by atoms with Crippen LogP contribution in [0.15, 0.2) is 0 Å². The minimum atomic E-state index is -0.470. The predicted molar refractivity (Wildman–Crippen MR) is 60.9 cm³/mol. The van der Waals surface area contributed by atoms with Crippen molar-refractivity contribution in [2.24, 2.45) is 0 Å². The lowest BCUT2D eigenvalue weighted by Gasteiger charge is -2.35. The Hall–Kier alpha value is -0.160. The average Bonchev–Trinajstić information content (AvgIpc) is 2.29. The summed E-state index contributed by atoms with van der Waals surface area (Å²) in [7, 11) is 0. The van der Waals surface area contributed by atoms with Crippen LogP contribution in [0.4, 0.5) is 0 Å². The summed E-state index contributed by atoms with van der Waals surface area (Å²) >= 11 is 0. The molecule has 1 unspecified atom stereocenters. The van der Waals surface area contributed by atoms with Gasteiger partial charge in [-0.05, 0) is 45.3 Å². The summed E-state index contributed by atoms with van der Waals surface area (Å²) in [5.41, 5.74) is -0.470. The molecule has 2 saturated heterocycles. The third kappa shape index (κ3) is 3.41. The van der Waals surface area contributed by atoms with Crippen molar-refractivity contribution in [3.8, 4) is 0 Å². The SMILES string of the molecule is OC1(CNC2CCCNC2)CCNCC1. The summed E-state index contributed by atoms with van der Waals surface area (Å²) in [5.74, 6) is 0.